The van der Waals surface area contributed by atoms with Gasteiger partial charge in [-0.2, -0.15) is 10.2 Å². The van der Waals surface area contributed by atoms with Crippen molar-refractivity contribution in [1.29, 1.82) is 0 Å². The molecule has 3 unspecified atom stereocenters. The molecular formula is C23H29N5O4. The van der Waals surface area contributed by atoms with Gasteiger partial charge in [-0.3, -0.25) is 9.59 Å². The number of carbonyl (C=O) groups excluding carboxylic acids is 2. The molecule has 1 heterocycles. The van der Waals surface area contributed by atoms with Crippen molar-refractivity contribution in [2.75, 3.05) is 0 Å². The summed E-state index contributed by atoms with van der Waals surface area (Å²) in [5, 5.41) is 31.4. The summed E-state index contributed by atoms with van der Waals surface area (Å²) in [6, 6.07) is 5.94. The number of nitrogens with zero attached hydrogens (tertiary/aromatic N) is 2. The van der Waals surface area contributed by atoms with E-state index in [-0.39, 0.29) is 23.3 Å². The molecule has 1 aromatic rings. The van der Waals surface area contributed by atoms with Crippen LogP contribution in [-0.4, -0.2) is 45.6 Å². The number of allylic oxidation sites excluding steroid dienone is 3. The van der Waals surface area contributed by atoms with Gasteiger partial charge < -0.3 is 15.5 Å². The highest BCUT2D eigenvalue weighted by Crippen LogP contribution is 2.24. The smallest absolute Gasteiger partial charge is 0.275 e. The molecule has 1 saturated carbocycles. The van der Waals surface area contributed by atoms with Crippen molar-refractivity contribution in [2.45, 2.75) is 51.7 Å². The molecule has 1 fully saturated rings. The van der Waals surface area contributed by atoms with Crippen LogP contribution in [0, 0.1) is 5.92 Å². The van der Waals surface area contributed by atoms with Crippen LogP contribution in [-0.2, 0) is 4.79 Å². The fourth-order valence-electron chi connectivity index (χ4n) is 3.63. The first-order valence-electron chi connectivity index (χ1n) is 10.7. The number of rotatable bonds is 6. The summed E-state index contributed by atoms with van der Waals surface area (Å²) in [4.78, 5) is 24.6. The molecule has 1 aliphatic carbocycles. The molecule has 2 amide bonds. The topological polar surface area (TPSA) is 135 Å². The average Bonchev–Trinajstić information content (AvgIpc) is 2.81. The second-order valence-electron chi connectivity index (χ2n) is 7.93. The maximum absolute atomic E-state index is 12.3. The number of hydrogen-bond donors (Lipinski definition) is 5. The summed E-state index contributed by atoms with van der Waals surface area (Å²) in [7, 11) is 0. The SMILES string of the molecule is CC(=NNC(=O)C1CCCCC1O)C1=CC=CC(C(C)=NNC(=O)c2ccccc2O)N1. The number of aromatic hydroxyl groups is 1. The van der Waals surface area contributed by atoms with Gasteiger partial charge in [-0.25, -0.2) is 10.9 Å². The molecule has 0 bridgehead atoms. The fourth-order valence-corrected chi connectivity index (χ4v) is 3.63. The zero-order valence-electron chi connectivity index (χ0n) is 18.2. The Hall–Kier alpha value is -3.46. The number of aliphatic hydroxyl groups is 1. The van der Waals surface area contributed by atoms with Crippen LogP contribution >= 0.6 is 0 Å². The van der Waals surface area contributed by atoms with E-state index in [4.69, 9.17) is 0 Å². The number of benzene rings is 1. The van der Waals surface area contributed by atoms with Crippen LogP contribution in [0.15, 0.2) is 58.4 Å². The third kappa shape index (κ3) is 5.82. The number of carbonyl (C=O) groups is 2. The second-order valence-corrected chi connectivity index (χ2v) is 7.93. The summed E-state index contributed by atoms with van der Waals surface area (Å²) in [5.41, 5.74) is 7.01. The molecule has 5 N–H and O–H groups in total. The molecule has 2 aliphatic rings. The number of nitrogens with one attached hydrogen (secondary N) is 3. The summed E-state index contributed by atoms with van der Waals surface area (Å²) in [5.74, 6) is -1.33. The minimum Gasteiger partial charge on any atom is -0.507 e. The van der Waals surface area contributed by atoms with E-state index in [1.54, 1.807) is 26.0 Å². The molecule has 0 saturated heterocycles. The Kier molecular flexibility index (Phi) is 7.77. The maximum atomic E-state index is 12.3. The van der Waals surface area contributed by atoms with Crippen LogP contribution in [0.1, 0.15) is 49.9 Å². The average molecular weight is 440 g/mol. The Morgan fingerprint density at radius 3 is 2.59 bits per heavy atom. The van der Waals surface area contributed by atoms with Gasteiger partial charge in [-0.1, -0.05) is 37.1 Å². The van der Waals surface area contributed by atoms with Crippen LogP contribution in [0.4, 0.5) is 0 Å². The minimum absolute atomic E-state index is 0.117. The van der Waals surface area contributed by atoms with Gasteiger partial charge in [0, 0.05) is 0 Å². The van der Waals surface area contributed by atoms with E-state index >= 15 is 0 Å². The van der Waals surface area contributed by atoms with Crippen molar-refractivity contribution in [1.82, 2.24) is 16.2 Å². The van der Waals surface area contributed by atoms with Gasteiger partial charge >= 0.3 is 0 Å². The van der Waals surface area contributed by atoms with Gasteiger partial charge in [0.1, 0.15) is 5.75 Å². The fraction of sp³-hybridized carbons (Fsp3) is 0.391. The molecule has 9 heteroatoms. The number of para-hydroxylation sites is 1. The van der Waals surface area contributed by atoms with E-state index < -0.39 is 17.9 Å². The van der Waals surface area contributed by atoms with Gasteiger partial charge in [0.15, 0.2) is 0 Å². The first-order valence-corrected chi connectivity index (χ1v) is 10.7. The van der Waals surface area contributed by atoms with Gasteiger partial charge in [0.2, 0.25) is 5.91 Å². The summed E-state index contributed by atoms with van der Waals surface area (Å²) in [6.45, 7) is 3.52. The molecule has 3 rings (SSSR count). The van der Waals surface area contributed by atoms with Crippen molar-refractivity contribution >= 4 is 23.2 Å². The van der Waals surface area contributed by atoms with E-state index in [1.807, 2.05) is 18.2 Å². The molecule has 1 aromatic carbocycles. The van der Waals surface area contributed by atoms with Crippen LogP contribution < -0.4 is 16.2 Å². The van der Waals surface area contributed by atoms with Crippen molar-refractivity contribution in [3.8, 4) is 5.75 Å². The molecule has 0 aromatic heterocycles. The first-order chi connectivity index (χ1) is 15.4. The maximum Gasteiger partial charge on any atom is 0.275 e. The van der Waals surface area contributed by atoms with Crippen LogP contribution in [0.25, 0.3) is 0 Å². The van der Waals surface area contributed by atoms with Crippen molar-refractivity contribution < 1.29 is 19.8 Å². The second kappa shape index (κ2) is 10.7. The Morgan fingerprint density at radius 1 is 1.09 bits per heavy atom. The third-order valence-electron chi connectivity index (χ3n) is 5.60. The van der Waals surface area contributed by atoms with E-state index in [2.05, 4.69) is 26.4 Å². The number of hydrogen-bond acceptors (Lipinski definition) is 7. The normalized spacial score (nSPS) is 23.7. The number of dihydropyridines is 1. The zero-order chi connectivity index (χ0) is 23.1. The van der Waals surface area contributed by atoms with Gasteiger partial charge in [-0.15, -0.1) is 0 Å². The van der Waals surface area contributed by atoms with Gasteiger partial charge in [-0.05, 0) is 44.9 Å². The zero-order valence-corrected chi connectivity index (χ0v) is 18.2. The number of hydrazone groups is 2. The molecule has 1 aliphatic heterocycles. The Bertz CT molecular complexity index is 982. The van der Waals surface area contributed by atoms with Crippen LogP contribution in [0.2, 0.25) is 0 Å². The molecule has 32 heavy (non-hydrogen) atoms. The predicted octanol–water partition coefficient (Wildman–Crippen LogP) is 1.95. The highest BCUT2D eigenvalue weighted by molar-refractivity contribution is 6.01. The predicted molar refractivity (Wildman–Crippen MR) is 122 cm³/mol. The summed E-state index contributed by atoms with van der Waals surface area (Å²) >= 11 is 0. The van der Waals surface area contributed by atoms with Gasteiger partial charge in [0.05, 0.1) is 40.7 Å². The number of phenolic OH excluding ortho intramolecular Hbond substituents is 1. The van der Waals surface area contributed by atoms with Crippen LogP contribution in [0.5, 0.6) is 5.75 Å². The number of phenols is 1. The van der Waals surface area contributed by atoms with E-state index in [9.17, 15) is 19.8 Å². The standard InChI is InChI=1S/C23H29N5O4/c1-14(25-27-22(31)16-8-3-5-12-20(16)29)18-10-7-11-19(24-18)15(2)26-28-23(32)17-9-4-6-13-21(17)30/h3,5,7-8,10-12,17-18,21,24,29-30H,4,6,9,13H2,1-2H3,(H,27,31)(H,28,32). The lowest BCUT2D eigenvalue weighted by Crippen LogP contribution is -2.40. The van der Waals surface area contributed by atoms with E-state index in [1.165, 1.54) is 12.1 Å². The Labute approximate surface area is 187 Å². The molecule has 3 atom stereocenters. The monoisotopic (exact) mass is 439 g/mol. The molecule has 9 nitrogen and oxygen atoms in total. The van der Waals surface area contributed by atoms with Gasteiger partial charge in [0.25, 0.3) is 5.91 Å². The molecule has 0 spiro atoms. The quantitative estimate of drug-likeness (QED) is 0.341. The van der Waals surface area contributed by atoms with E-state index in [0.717, 1.165) is 12.8 Å². The van der Waals surface area contributed by atoms with Crippen molar-refractivity contribution in [2.24, 2.45) is 16.1 Å². The summed E-state index contributed by atoms with van der Waals surface area (Å²) < 4.78 is 0. The largest absolute Gasteiger partial charge is 0.507 e. The molecular weight excluding hydrogens is 410 g/mol. The molecule has 0 radical (unpaired) electrons. The minimum atomic E-state index is -0.620. The lowest BCUT2D eigenvalue weighted by Gasteiger charge is -2.26. The highest BCUT2D eigenvalue weighted by Gasteiger charge is 2.29. The Morgan fingerprint density at radius 2 is 1.84 bits per heavy atom. The third-order valence-corrected chi connectivity index (χ3v) is 5.60. The number of amides is 2. The Balaban J connectivity index is 1.57. The van der Waals surface area contributed by atoms with E-state index in [0.29, 0.717) is 30.0 Å². The lowest BCUT2D eigenvalue weighted by molar-refractivity contribution is -0.130. The number of aliphatic hydroxyl groups excluding tert-OH is 1. The van der Waals surface area contributed by atoms with Crippen molar-refractivity contribution in [3.63, 3.8) is 0 Å². The first kappa shape index (κ1) is 23.2. The summed E-state index contributed by atoms with van der Waals surface area (Å²) in [6.07, 6.45) is 8.08. The van der Waals surface area contributed by atoms with Crippen molar-refractivity contribution in [3.05, 3.63) is 53.8 Å². The molecule has 170 valence electrons. The lowest BCUT2D eigenvalue weighted by atomic mass is 9.86. The highest BCUT2D eigenvalue weighted by atomic mass is 16.3. The van der Waals surface area contributed by atoms with Crippen LogP contribution in [0.3, 0.4) is 0 Å².